The lowest BCUT2D eigenvalue weighted by Crippen LogP contribution is -2.37. The van der Waals surface area contributed by atoms with Crippen molar-refractivity contribution in [3.05, 3.63) is 109 Å². The normalized spacial score (nSPS) is 13.7. The molecular weight excluding hydrogens is 1160 g/mol. The maximum Gasteiger partial charge on any atom is 0.306 e. The van der Waals surface area contributed by atoms with Gasteiger partial charge in [-0.3, -0.25) is 14.2 Å². The van der Waals surface area contributed by atoms with Crippen LogP contribution in [0.15, 0.2) is 109 Å². The molecule has 0 aliphatic carbocycles. The molecule has 0 radical (unpaired) electrons. The topological polar surface area (TPSA) is 111 Å². The monoisotopic (exact) mass is 1300 g/mol. The number of allylic oxidation sites excluding steroid dienone is 18. The molecule has 9 nitrogen and oxygen atoms in total. The molecule has 0 rings (SSSR count). The van der Waals surface area contributed by atoms with Crippen molar-refractivity contribution in [1.29, 1.82) is 0 Å². The quantitative estimate of drug-likeness (QED) is 0.0195. The lowest BCUT2D eigenvalue weighted by molar-refractivity contribution is -0.870. The van der Waals surface area contributed by atoms with Crippen LogP contribution in [0.2, 0.25) is 0 Å². The van der Waals surface area contributed by atoms with Gasteiger partial charge in [0.2, 0.25) is 0 Å². The Kier molecular flexibility index (Phi) is 69.3. The third-order valence-electron chi connectivity index (χ3n) is 16.8. The van der Waals surface area contributed by atoms with Crippen LogP contribution in [-0.4, -0.2) is 70.0 Å². The number of carbonyl (C=O) groups is 2. The number of phosphoric ester groups is 1. The van der Waals surface area contributed by atoms with E-state index in [0.717, 1.165) is 103 Å². The SMILES string of the molecule is CC/C=C\C/C=C\C/C=C\C/C=C\C/C=C\C/C=C\C/C=C\C/C=C\C/C=C\CCCCCCCCCCCC(=O)OC(COC(=O)CCCCCCCCCCCCCCCCCCCCCCCCCCCCCCCCC)COP(=O)([O-])OCC[N+](C)(C)C. The number of esters is 2. The van der Waals surface area contributed by atoms with E-state index in [2.05, 4.69) is 123 Å². The first-order valence-corrected chi connectivity index (χ1v) is 40.1. The highest BCUT2D eigenvalue weighted by atomic mass is 31.2. The fraction of sp³-hybridized carbons (Fsp3) is 0.756. The minimum Gasteiger partial charge on any atom is -0.756 e. The van der Waals surface area contributed by atoms with Gasteiger partial charge in [0, 0.05) is 12.8 Å². The van der Waals surface area contributed by atoms with Crippen LogP contribution in [0.25, 0.3) is 0 Å². The van der Waals surface area contributed by atoms with Gasteiger partial charge in [-0.05, 0) is 83.5 Å². The van der Waals surface area contributed by atoms with Crippen molar-refractivity contribution >= 4 is 19.8 Å². The Labute approximate surface area is 569 Å². The van der Waals surface area contributed by atoms with Crippen LogP contribution in [0, 0.1) is 0 Å². The number of unbranched alkanes of at least 4 members (excludes halogenated alkanes) is 39. The molecule has 0 amide bonds. The van der Waals surface area contributed by atoms with Gasteiger partial charge in [-0.15, -0.1) is 0 Å². The Morgan fingerprint density at radius 1 is 0.348 bits per heavy atom. The molecular formula is C82H146NO8P. The Hall–Kier alpha value is -3.33. The number of ether oxygens (including phenoxy) is 2. The molecule has 0 spiro atoms. The number of quaternary nitrogens is 1. The number of rotatable bonds is 71. The summed E-state index contributed by atoms with van der Waals surface area (Å²) in [7, 11) is 1.16. The van der Waals surface area contributed by atoms with Crippen molar-refractivity contribution in [2.24, 2.45) is 0 Å². The first-order chi connectivity index (χ1) is 45.0. The molecule has 0 aromatic carbocycles. The summed E-state index contributed by atoms with van der Waals surface area (Å²) < 4.78 is 34.4. The van der Waals surface area contributed by atoms with Gasteiger partial charge in [-0.1, -0.05) is 361 Å². The molecule has 0 bridgehead atoms. The summed E-state index contributed by atoms with van der Waals surface area (Å²) in [6, 6.07) is 0. The summed E-state index contributed by atoms with van der Waals surface area (Å²) in [5.74, 6) is -0.831. The van der Waals surface area contributed by atoms with Gasteiger partial charge in [0.25, 0.3) is 7.82 Å². The summed E-state index contributed by atoms with van der Waals surface area (Å²) in [6.07, 6.45) is 102. The highest BCUT2D eigenvalue weighted by Gasteiger charge is 2.22. The first kappa shape index (κ1) is 88.7. The molecule has 0 saturated carbocycles. The van der Waals surface area contributed by atoms with Crippen LogP contribution in [0.1, 0.15) is 348 Å². The predicted octanol–water partition coefficient (Wildman–Crippen LogP) is 25.0. The zero-order valence-corrected chi connectivity index (χ0v) is 61.6. The molecule has 2 atom stereocenters. The molecule has 0 aromatic rings. The number of phosphoric acid groups is 1. The second-order valence-corrected chi connectivity index (χ2v) is 28.4. The fourth-order valence-electron chi connectivity index (χ4n) is 10.9. The first-order valence-electron chi connectivity index (χ1n) is 38.6. The smallest absolute Gasteiger partial charge is 0.306 e. The summed E-state index contributed by atoms with van der Waals surface area (Å²) in [5.41, 5.74) is 0. The molecule has 2 unspecified atom stereocenters. The van der Waals surface area contributed by atoms with E-state index >= 15 is 0 Å². The summed E-state index contributed by atoms with van der Waals surface area (Å²) in [4.78, 5) is 38.2. The van der Waals surface area contributed by atoms with E-state index < -0.39 is 26.5 Å². The van der Waals surface area contributed by atoms with Gasteiger partial charge in [-0.2, -0.15) is 0 Å². The number of likely N-dealkylation sites (N-methyl/N-ethyl adjacent to an activating group) is 1. The van der Waals surface area contributed by atoms with Crippen LogP contribution in [0.5, 0.6) is 0 Å². The molecule has 0 aromatic heterocycles. The van der Waals surface area contributed by atoms with Gasteiger partial charge in [0.15, 0.2) is 6.10 Å². The predicted molar refractivity (Wildman–Crippen MR) is 397 cm³/mol. The average molecular weight is 1310 g/mol. The van der Waals surface area contributed by atoms with E-state index in [1.807, 2.05) is 21.1 Å². The van der Waals surface area contributed by atoms with Crippen LogP contribution in [-0.2, 0) is 32.7 Å². The van der Waals surface area contributed by atoms with Crippen LogP contribution >= 0.6 is 7.82 Å². The van der Waals surface area contributed by atoms with Crippen molar-refractivity contribution in [1.82, 2.24) is 0 Å². The molecule has 0 fully saturated rings. The average Bonchev–Trinajstić information content (AvgIpc) is 2.34. The van der Waals surface area contributed by atoms with Gasteiger partial charge < -0.3 is 27.9 Å². The standard InChI is InChI=1S/C82H146NO8P/c1-6-8-10-12-14-16-18-20-22-24-26-28-30-32-34-36-38-39-40-41-42-43-45-47-49-51-53-55-57-59-61-63-65-67-69-71-73-75-82(85)91-80(79-90-92(86,87)89-77-76-83(3,4)5)78-88-81(84)74-72-70-68-66-64-62-60-58-56-54-52-50-48-46-44-37-35-33-31-29-27-25-23-21-19-17-15-13-11-9-7-2/h8,10,14,16,20,22,26,28,32,34,38-39,41-42,45,47,51,53,80H,6-7,9,11-13,15,17-19,21,23-25,27,29-31,33,35-37,40,43-44,46,48-50,52,54-79H2,1-5H3/b10-8-,16-14-,22-20-,28-26-,34-32-,39-38-,42-41-,47-45-,53-51-. The van der Waals surface area contributed by atoms with Crippen molar-refractivity contribution in [3.8, 4) is 0 Å². The largest absolute Gasteiger partial charge is 0.756 e. The second kappa shape index (κ2) is 72.0. The molecule has 0 saturated heterocycles. The molecule has 0 aliphatic rings. The number of nitrogens with zero attached hydrogens (tertiary/aromatic N) is 1. The maximum absolute atomic E-state index is 12.9. The molecule has 0 heterocycles. The summed E-state index contributed by atoms with van der Waals surface area (Å²) in [5, 5.41) is 0. The van der Waals surface area contributed by atoms with Gasteiger partial charge in [0.1, 0.15) is 19.8 Å². The van der Waals surface area contributed by atoms with Crippen molar-refractivity contribution in [2.45, 2.75) is 354 Å². The summed E-state index contributed by atoms with van der Waals surface area (Å²) >= 11 is 0. The fourth-order valence-corrected chi connectivity index (χ4v) is 11.7. The van der Waals surface area contributed by atoms with Crippen LogP contribution in [0.4, 0.5) is 0 Å². The summed E-state index contributed by atoms with van der Waals surface area (Å²) in [6.45, 7) is 4.16. The highest BCUT2D eigenvalue weighted by molar-refractivity contribution is 7.45. The Balaban J connectivity index is 4.03. The highest BCUT2D eigenvalue weighted by Crippen LogP contribution is 2.38. The molecule has 0 N–H and O–H groups in total. The zero-order valence-electron chi connectivity index (χ0n) is 60.7. The number of hydrogen-bond acceptors (Lipinski definition) is 8. The lowest BCUT2D eigenvalue weighted by Gasteiger charge is -2.28. The maximum atomic E-state index is 12.9. The minimum atomic E-state index is -4.65. The van der Waals surface area contributed by atoms with Gasteiger partial charge in [-0.25, -0.2) is 0 Å². The molecule has 0 aliphatic heterocycles. The van der Waals surface area contributed by atoms with Crippen molar-refractivity contribution in [3.63, 3.8) is 0 Å². The third-order valence-corrected chi connectivity index (χ3v) is 17.8. The lowest BCUT2D eigenvalue weighted by atomic mass is 10.0. The van der Waals surface area contributed by atoms with E-state index in [-0.39, 0.29) is 32.0 Å². The van der Waals surface area contributed by atoms with Crippen molar-refractivity contribution < 1.29 is 42.1 Å². The number of carbonyl (C=O) groups excluding carboxylic acids is 2. The Bertz CT molecular complexity index is 1920. The second-order valence-electron chi connectivity index (χ2n) is 27.0. The van der Waals surface area contributed by atoms with E-state index in [9.17, 15) is 19.0 Å². The molecule has 10 heteroatoms. The Morgan fingerprint density at radius 2 is 0.620 bits per heavy atom. The van der Waals surface area contributed by atoms with Crippen molar-refractivity contribution in [2.75, 3.05) is 47.5 Å². The van der Waals surface area contributed by atoms with E-state index in [4.69, 9.17) is 18.5 Å². The minimum absolute atomic E-state index is 0.0349. The molecule has 532 valence electrons. The molecule has 92 heavy (non-hydrogen) atoms. The Morgan fingerprint density at radius 3 is 0.924 bits per heavy atom. The van der Waals surface area contributed by atoms with E-state index in [1.165, 1.54) is 212 Å². The third kappa shape index (κ3) is 75.7. The van der Waals surface area contributed by atoms with E-state index in [1.54, 1.807) is 0 Å². The van der Waals surface area contributed by atoms with Gasteiger partial charge in [0.05, 0.1) is 27.7 Å². The van der Waals surface area contributed by atoms with Crippen LogP contribution < -0.4 is 4.89 Å². The number of hydrogen-bond donors (Lipinski definition) is 0. The van der Waals surface area contributed by atoms with Crippen LogP contribution in [0.3, 0.4) is 0 Å². The van der Waals surface area contributed by atoms with E-state index in [0.29, 0.717) is 17.4 Å². The zero-order chi connectivity index (χ0) is 66.9. The van der Waals surface area contributed by atoms with Gasteiger partial charge >= 0.3 is 11.9 Å².